The predicted octanol–water partition coefficient (Wildman–Crippen LogP) is 9.47. The van der Waals surface area contributed by atoms with E-state index in [0.29, 0.717) is 38.0 Å². The fraction of sp³-hybridized carbons (Fsp3) is 0.267. The van der Waals surface area contributed by atoms with E-state index < -0.39 is 0 Å². The molecule has 0 aliphatic heterocycles. The van der Waals surface area contributed by atoms with Crippen LogP contribution in [-0.4, -0.2) is 12.1 Å². The van der Waals surface area contributed by atoms with Gasteiger partial charge in [-0.05, 0) is 78.6 Å². The Bertz CT molecular complexity index is 1460. The van der Waals surface area contributed by atoms with E-state index in [1.807, 2.05) is 42.5 Å². The molecule has 0 spiro atoms. The molecule has 1 aliphatic rings. The maximum absolute atomic E-state index is 13.5. The minimum absolute atomic E-state index is 0.129. The molecule has 4 nitrogen and oxygen atoms in total. The first-order valence-electron chi connectivity index (χ1n) is 12.3. The SMILES string of the molecule is CC(C)(C)[C@H]1CCc2c(sc(N=Cc3ccc(-c4cc(Cl)ccc4Cl)o3)c2C(=O)Nc2ccccc2)C1. The third-order valence-electron chi connectivity index (χ3n) is 6.86. The predicted molar refractivity (Wildman–Crippen MR) is 155 cm³/mol. The molecule has 2 heterocycles. The summed E-state index contributed by atoms with van der Waals surface area (Å²) in [4.78, 5) is 19.5. The highest BCUT2D eigenvalue weighted by Gasteiger charge is 2.33. The lowest BCUT2D eigenvalue weighted by molar-refractivity contribution is 0.102. The number of para-hydroxylation sites is 1. The van der Waals surface area contributed by atoms with Gasteiger partial charge in [-0.15, -0.1) is 11.3 Å². The van der Waals surface area contributed by atoms with Gasteiger partial charge in [-0.3, -0.25) is 4.79 Å². The number of carbonyl (C=O) groups is 1. The Morgan fingerprint density at radius 3 is 2.65 bits per heavy atom. The lowest BCUT2D eigenvalue weighted by Gasteiger charge is -2.33. The molecule has 37 heavy (non-hydrogen) atoms. The normalized spacial score (nSPS) is 15.6. The Labute approximate surface area is 231 Å². The van der Waals surface area contributed by atoms with Crippen LogP contribution in [0.4, 0.5) is 10.7 Å². The van der Waals surface area contributed by atoms with Crippen molar-refractivity contribution in [1.29, 1.82) is 0 Å². The zero-order valence-corrected chi connectivity index (χ0v) is 23.3. The zero-order chi connectivity index (χ0) is 26.2. The fourth-order valence-corrected chi connectivity index (χ4v) is 6.38. The van der Waals surface area contributed by atoms with Crippen molar-refractivity contribution in [3.05, 3.63) is 92.5 Å². The van der Waals surface area contributed by atoms with Crippen molar-refractivity contribution in [2.45, 2.75) is 40.0 Å². The molecule has 0 unspecified atom stereocenters. The Balaban J connectivity index is 1.48. The van der Waals surface area contributed by atoms with E-state index in [9.17, 15) is 4.79 Å². The largest absolute Gasteiger partial charge is 0.455 e. The second kappa shape index (κ2) is 10.5. The second-order valence-electron chi connectivity index (χ2n) is 10.4. The average Bonchev–Trinajstić information content (AvgIpc) is 3.48. The van der Waals surface area contributed by atoms with Gasteiger partial charge in [0.1, 0.15) is 16.5 Å². The molecule has 0 saturated heterocycles. The highest BCUT2D eigenvalue weighted by atomic mass is 35.5. The van der Waals surface area contributed by atoms with Gasteiger partial charge in [0, 0.05) is 21.2 Å². The van der Waals surface area contributed by atoms with Gasteiger partial charge in [0.25, 0.3) is 5.91 Å². The summed E-state index contributed by atoms with van der Waals surface area (Å²) in [5.41, 5.74) is 3.48. The molecule has 1 amide bonds. The molecular weight excluding hydrogens is 523 g/mol. The molecule has 1 atom stereocenters. The van der Waals surface area contributed by atoms with Crippen molar-refractivity contribution in [2.24, 2.45) is 16.3 Å². The molecule has 0 radical (unpaired) electrons. The Kier molecular flexibility index (Phi) is 7.30. The summed E-state index contributed by atoms with van der Waals surface area (Å²) in [5, 5.41) is 4.89. The van der Waals surface area contributed by atoms with Crippen LogP contribution in [0, 0.1) is 11.3 Å². The molecule has 0 bridgehead atoms. The number of furan rings is 1. The summed E-state index contributed by atoms with van der Waals surface area (Å²) in [7, 11) is 0. The van der Waals surface area contributed by atoms with E-state index in [4.69, 9.17) is 32.6 Å². The van der Waals surface area contributed by atoms with E-state index in [2.05, 4.69) is 26.1 Å². The summed E-state index contributed by atoms with van der Waals surface area (Å²) < 4.78 is 6.00. The van der Waals surface area contributed by atoms with Crippen molar-refractivity contribution in [3.8, 4) is 11.3 Å². The number of thiophene rings is 1. The summed E-state index contributed by atoms with van der Waals surface area (Å²) in [5.74, 6) is 1.61. The molecule has 2 aromatic heterocycles. The van der Waals surface area contributed by atoms with E-state index in [-0.39, 0.29) is 11.3 Å². The average molecular weight is 552 g/mol. The van der Waals surface area contributed by atoms with Crippen LogP contribution in [0.1, 0.15) is 53.8 Å². The van der Waals surface area contributed by atoms with E-state index in [1.54, 1.807) is 35.8 Å². The lowest BCUT2D eigenvalue weighted by Crippen LogP contribution is -2.27. The summed E-state index contributed by atoms with van der Waals surface area (Å²) in [6.07, 6.45) is 4.56. The van der Waals surface area contributed by atoms with Crippen LogP contribution in [0.2, 0.25) is 10.0 Å². The standard InChI is InChI=1S/C30H28Cl2N2O2S/c1-30(2,3)18-9-12-22-26(15-18)37-29(27(22)28(35)34-20-7-5-4-6-8-20)33-17-21-11-14-25(36-21)23-16-19(31)10-13-24(23)32/h4-8,10-11,13-14,16-18H,9,12,15H2,1-3H3,(H,34,35)/t18-/m0/s1. The molecule has 1 aliphatic carbocycles. The number of carbonyl (C=O) groups excluding carboxylic acids is 1. The molecule has 1 N–H and O–H groups in total. The van der Waals surface area contributed by atoms with Crippen molar-refractivity contribution in [1.82, 2.24) is 0 Å². The van der Waals surface area contributed by atoms with E-state index in [0.717, 1.165) is 36.1 Å². The van der Waals surface area contributed by atoms with Gasteiger partial charge in [0.15, 0.2) is 0 Å². The van der Waals surface area contributed by atoms with Gasteiger partial charge >= 0.3 is 0 Å². The van der Waals surface area contributed by atoms with Crippen LogP contribution in [0.3, 0.4) is 0 Å². The lowest BCUT2D eigenvalue weighted by atomic mass is 9.72. The number of hydrogen-bond acceptors (Lipinski definition) is 4. The number of benzene rings is 2. The minimum Gasteiger partial charge on any atom is -0.455 e. The third-order valence-corrected chi connectivity index (χ3v) is 8.59. The van der Waals surface area contributed by atoms with Gasteiger partial charge in [-0.1, -0.05) is 62.2 Å². The van der Waals surface area contributed by atoms with E-state index >= 15 is 0 Å². The molecule has 2 aromatic carbocycles. The number of fused-ring (bicyclic) bond motifs is 1. The first-order valence-corrected chi connectivity index (χ1v) is 13.9. The van der Waals surface area contributed by atoms with Crippen LogP contribution in [-0.2, 0) is 12.8 Å². The fourth-order valence-electron chi connectivity index (χ4n) is 4.73. The topological polar surface area (TPSA) is 54.6 Å². The maximum atomic E-state index is 13.5. The minimum atomic E-state index is -0.129. The zero-order valence-electron chi connectivity index (χ0n) is 21.0. The van der Waals surface area contributed by atoms with Crippen LogP contribution < -0.4 is 5.32 Å². The Morgan fingerprint density at radius 1 is 1.11 bits per heavy atom. The summed E-state index contributed by atoms with van der Waals surface area (Å²) in [6, 6.07) is 18.5. The molecule has 0 saturated carbocycles. The maximum Gasteiger partial charge on any atom is 0.259 e. The van der Waals surface area contributed by atoms with Gasteiger partial charge in [-0.2, -0.15) is 0 Å². The summed E-state index contributed by atoms with van der Waals surface area (Å²) >= 11 is 14.1. The molecule has 4 aromatic rings. The number of aliphatic imine (C=N–C) groups is 1. The van der Waals surface area contributed by atoms with Crippen molar-refractivity contribution >= 4 is 57.3 Å². The smallest absolute Gasteiger partial charge is 0.259 e. The van der Waals surface area contributed by atoms with Gasteiger partial charge in [0.2, 0.25) is 0 Å². The van der Waals surface area contributed by atoms with Crippen LogP contribution in [0.15, 0.2) is 70.1 Å². The number of rotatable bonds is 5. The quantitative estimate of drug-likeness (QED) is 0.251. The Hall–Kier alpha value is -2.86. The van der Waals surface area contributed by atoms with Crippen LogP contribution >= 0.6 is 34.5 Å². The van der Waals surface area contributed by atoms with Gasteiger partial charge in [0.05, 0.1) is 16.8 Å². The number of anilines is 1. The molecule has 5 rings (SSSR count). The second-order valence-corrected chi connectivity index (χ2v) is 12.3. The molecular formula is C30H28Cl2N2O2S. The molecule has 190 valence electrons. The number of nitrogens with one attached hydrogen (secondary N) is 1. The first-order chi connectivity index (χ1) is 17.7. The number of halogens is 2. The van der Waals surface area contributed by atoms with E-state index in [1.165, 1.54) is 4.88 Å². The number of hydrogen-bond donors (Lipinski definition) is 1. The number of nitrogens with zero attached hydrogens (tertiary/aromatic N) is 1. The number of amides is 1. The van der Waals surface area contributed by atoms with Crippen molar-refractivity contribution in [3.63, 3.8) is 0 Å². The van der Waals surface area contributed by atoms with Crippen LogP contribution in [0.5, 0.6) is 0 Å². The molecule has 0 fully saturated rings. The van der Waals surface area contributed by atoms with Gasteiger partial charge in [-0.25, -0.2) is 4.99 Å². The van der Waals surface area contributed by atoms with Crippen molar-refractivity contribution < 1.29 is 9.21 Å². The van der Waals surface area contributed by atoms with Crippen LogP contribution in [0.25, 0.3) is 11.3 Å². The molecule has 7 heteroatoms. The Morgan fingerprint density at radius 2 is 1.89 bits per heavy atom. The first kappa shape index (κ1) is 25.8. The van der Waals surface area contributed by atoms with Crippen molar-refractivity contribution in [2.75, 3.05) is 5.32 Å². The third kappa shape index (κ3) is 5.69. The highest BCUT2D eigenvalue weighted by molar-refractivity contribution is 7.16. The highest BCUT2D eigenvalue weighted by Crippen LogP contribution is 2.45. The monoisotopic (exact) mass is 550 g/mol. The van der Waals surface area contributed by atoms with Gasteiger partial charge < -0.3 is 9.73 Å². The summed E-state index contributed by atoms with van der Waals surface area (Å²) in [6.45, 7) is 6.87.